The first-order valence-electron chi connectivity index (χ1n) is 7.71. The van der Waals surface area contributed by atoms with Gasteiger partial charge in [-0.05, 0) is 0 Å². The summed E-state index contributed by atoms with van der Waals surface area (Å²) in [5.41, 5.74) is -0.461. The summed E-state index contributed by atoms with van der Waals surface area (Å²) in [4.78, 5) is 7.48. The van der Waals surface area contributed by atoms with Crippen LogP contribution in [0.25, 0.3) is 0 Å². The molecule has 0 saturated carbocycles. The van der Waals surface area contributed by atoms with Crippen molar-refractivity contribution in [3.05, 3.63) is 9.56 Å². The van der Waals surface area contributed by atoms with Crippen molar-refractivity contribution in [3.8, 4) is 0 Å². The summed E-state index contributed by atoms with van der Waals surface area (Å²) in [7, 11) is -1.26. The van der Waals surface area contributed by atoms with Crippen LogP contribution in [0, 0.1) is 0 Å². The summed E-state index contributed by atoms with van der Waals surface area (Å²) < 4.78 is 14.0. The van der Waals surface area contributed by atoms with Crippen LogP contribution in [0.2, 0.25) is 40.5 Å². The third kappa shape index (κ3) is 4.89. The molecule has 116 valence electrons. The summed E-state index contributed by atoms with van der Waals surface area (Å²) >= 11 is -2.08. The van der Waals surface area contributed by atoms with E-state index in [0.29, 0.717) is 0 Å². The minimum atomic E-state index is -2.08. The molecule has 0 atom stereocenters. The van der Waals surface area contributed by atoms with Crippen LogP contribution >= 0.6 is 0 Å². The van der Waals surface area contributed by atoms with Gasteiger partial charge in [-0.25, -0.2) is 0 Å². The quantitative estimate of drug-likeness (QED) is 0.631. The number of hydrogen-bond acceptors (Lipinski definition) is 2. The number of rotatable bonds is 4. The third-order valence-electron chi connectivity index (χ3n) is 4.29. The molecule has 0 aliphatic carbocycles. The van der Waals surface area contributed by atoms with Gasteiger partial charge in [-0.15, -0.1) is 0 Å². The number of hydrogen-bond donors (Lipinski definition) is 0. The standard InChI is InChI=1S/C12H24BO2Si.3CH3.Sn/c1-11(2)12(3,4)15-13(14-11)9-8-10-16(5,6)7;;;;/h9H,10H2,1-7H3;3*1H3;. The Kier molecular flexibility index (Phi) is 5.40. The zero-order valence-electron chi connectivity index (χ0n) is 15.2. The van der Waals surface area contributed by atoms with Gasteiger partial charge in [-0.2, -0.15) is 0 Å². The van der Waals surface area contributed by atoms with Gasteiger partial charge in [0.15, 0.2) is 0 Å². The summed E-state index contributed by atoms with van der Waals surface area (Å²) in [6, 6.07) is 1.29. The van der Waals surface area contributed by atoms with Crippen LogP contribution in [-0.2, 0) is 9.31 Å². The molecule has 0 aromatic heterocycles. The van der Waals surface area contributed by atoms with Crippen molar-refractivity contribution in [2.45, 2.75) is 79.4 Å². The van der Waals surface area contributed by atoms with E-state index in [2.05, 4.69) is 68.1 Å². The summed E-state index contributed by atoms with van der Waals surface area (Å²) in [5, 5.41) is 0. The maximum absolute atomic E-state index is 6.15. The van der Waals surface area contributed by atoms with Gasteiger partial charge in [0.2, 0.25) is 0 Å². The molecule has 2 nitrogen and oxygen atoms in total. The van der Waals surface area contributed by atoms with Gasteiger partial charge < -0.3 is 0 Å². The van der Waals surface area contributed by atoms with Crippen molar-refractivity contribution in [2.24, 2.45) is 0 Å². The van der Waals surface area contributed by atoms with E-state index in [9.17, 15) is 0 Å². The van der Waals surface area contributed by atoms with Gasteiger partial charge in [0.05, 0.1) is 0 Å². The van der Waals surface area contributed by atoms with E-state index < -0.39 is 26.5 Å². The van der Waals surface area contributed by atoms with Crippen molar-refractivity contribution < 1.29 is 9.31 Å². The molecule has 1 rings (SSSR count). The van der Waals surface area contributed by atoms with Crippen LogP contribution < -0.4 is 0 Å². The first kappa shape index (κ1) is 18.8. The second-order valence-electron chi connectivity index (χ2n) is 9.30. The first-order chi connectivity index (χ1) is 8.64. The molecule has 0 aromatic rings. The molecule has 0 unspecified atom stereocenters. The van der Waals surface area contributed by atoms with Crippen LogP contribution in [0.5, 0.6) is 0 Å². The Hall–Kier alpha value is 0.741. The molecule has 1 fully saturated rings. The van der Waals surface area contributed by atoms with E-state index in [-0.39, 0.29) is 18.3 Å². The summed E-state index contributed by atoms with van der Waals surface area (Å²) in [5.74, 6) is 2.32. The zero-order valence-corrected chi connectivity index (χ0v) is 19.0. The van der Waals surface area contributed by atoms with Gasteiger partial charge in [-0.1, -0.05) is 0 Å². The van der Waals surface area contributed by atoms with E-state index in [1.54, 1.807) is 3.59 Å². The predicted octanol–water partition coefficient (Wildman–Crippen LogP) is 4.76. The van der Waals surface area contributed by atoms with E-state index in [1.807, 2.05) is 0 Å². The monoisotopic (exact) mass is 404 g/mol. The molecule has 0 amide bonds. The van der Waals surface area contributed by atoms with E-state index in [1.165, 1.54) is 6.04 Å². The Morgan fingerprint density at radius 1 is 1.00 bits per heavy atom. The summed E-state index contributed by atoms with van der Waals surface area (Å²) in [6.07, 6.45) is 0. The minimum absolute atomic E-state index is 0.165. The van der Waals surface area contributed by atoms with E-state index in [0.717, 1.165) is 0 Å². The third-order valence-corrected chi connectivity index (χ3v) is 13.2. The molecule has 1 aliphatic rings. The van der Waals surface area contributed by atoms with Crippen LogP contribution in [0.3, 0.4) is 0 Å². The molecular weight excluding hydrogens is 370 g/mol. The van der Waals surface area contributed by atoms with Crippen molar-refractivity contribution >= 4 is 33.6 Å². The average molecular weight is 403 g/mol. The SMILES string of the molecule is CC1(C)OB(/C=[C](/C[Si](C)(C)C)[Sn]([CH3])([CH3])[CH3])OC1(C)C. The van der Waals surface area contributed by atoms with Crippen LogP contribution in [0.4, 0.5) is 0 Å². The van der Waals surface area contributed by atoms with Gasteiger partial charge in [0.25, 0.3) is 0 Å². The van der Waals surface area contributed by atoms with E-state index in [4.69, 9.17) is 9.31 Å². The molecule has 0 radical (unpaired) electrons. The molecule has 0 N–H and O–H groups in total. The Labute approximate surface area is 131 Å². The molecule has 5 heteroatoms. The first-order valence-corrected chi connectivity index (χ1v) is 21.4. The van der Waals surface area contributed by atoms with Gasteiger partial charge in [-0.3, -0.25) is 0 Å². The normalized spacial score (nSPS) is 23.3. The molecule has 0 spiro atoms. The molecule has 1 saturated heterocycles. The molecule has 20 heavy (non-hydrogen) atoms. The fourth-order valence-corrected chi connectivity index (χ4v) is 15.0. The number of allylic oxidation sites excluding steroid dienone is 1. The predicted molar refractivity (Wildman–Crippen MR) is 95.7 cm³/mol. The molecule has 0 bridgehead atoms. The maximum atomic E-state index is 6.15. The Morgan fingerprint density at radius 3 is 1.70 bits per heavy atom. The van der Waals surface area contributed by atoms with Gasteiger partial charge in [0, 0.05) is 0 Å². The molecule has 0 aromatic carbocycles. The van der Waals surface area contributed by atoms with Gasteiger partial charge >= 0.3 is 132 Å². The Bertz CT molecular complexity index is 376. The molecule has 1 aliphatic heterocycles. The van der Waals surface area contributed by atoms with Gasteiger partial charge in [0.1, 0.15) is 0 Å². The van der Waals surface area contributed by atoms with Crippen molar-refractivity contribution in [3.63, 3.8) is 0 Å². The Morgan fingerprint density at radius 2 is 1.40 bits per heavy atom. The Balaban J connectivity index is 3.00. The van der Waals surface area contributed by atoms with Crippen LogP contribution in [0.15, 0.2) is 9.56 Å². The summed E-state index contributed by atoms with van der Waals surface area (Å²) in [6.45, 7) is 15.8. The van der Waals surface area contributed by atoms with E-state index >= 15 is 0 Å². The van der Waals surface area contributed by atoms with Crippen LogP contribution in [0.1, 0.15) is 27.7 Å². The van der Waals surface area contributed by atoms with Crippen molar-refractivity contribution in [1.29, 1.82) is 0 Å². The van der Waals surface area contributed by atoms with Crippen LogP contribution in [-0.4, -0.2) is 44.8 Å². The average Bonchev–Trinajstić information content (AvgIpc) is 2.29. The topological polar surface area (TPSA) is 18.5 Å². The fraction of sp³-hybridized carbons (Fsp3) is 0.867. The van der Waals surface area contributed by atoms with Crippen molar-refractivity contribution in [2.75, 3.05) is 0 Å². The zero-order chi connectivity index (χ0) is 16.0. The second-order valence-corrected chi connectivity index (χ2v) is 29.5. The molecular formula is C15H33BO2SiSn. The van der Waals surface area contributed by atoms with Crippen molar-refractivity contribution in [1.82, 2.24) is 0 Å². The molecule has 1 heterocycles. The second kappa shape index (κ2) is 5.74. The fourth-order valence-electron chi connectivity index (χ4n) is 2.27.